The molecule has 120 valence electrons. The second-order valence-corrected chi connectivity index (χ2v) is 9.17. The summed E-state index contributed by atoms with van der Waals surface area (Å²) in [6, 6.07) is 0. The van der Waals surface area contributed by atoms with Crippen molar-refractivity contribution >= 4 is 0 Å². The van der Waals surface area contributed by atoms with Crippen LogP contribution < -0.4 is 0 Å². The van der Waals surface area contributed by atoms with Gasteiger partial charge >= 0.3 is 0 Å². The molecule has 2 bridgehead atoms. The summed E-state index contributed by atoms with van der Waals surface area (Å²) < 4.78 is 0. The Morgan fingerprint density at radius 1 is 1.05 bits per heavy atom. The standard InChI is InChI=1S/C20H34O/c1-6-18(4)12-15(3)20-10-7-8-16(20)19(5,17(21)13-18)14(2)9-11-20/h6,14-17,21H,1,7-13H2,2-5H3/t14-,15+,16+,17-,18+,19-,20-/m1/s1. The predicted molar refractivity (Wildman–Crippen MR) is 89.0 cm³/mol. The van der Waals surface area contributed by atoms with Crippen LogP contribution >= 0.6 is 0 Å². The van der Waals surface area contributed by atoms with Gasteiger partial charge in [0, 0.05) is 0 Å². The Morgan fingerprint density at radius 3 is 2.43 bits per heavy atom. The first-order valence-electron chi connectivity index (χ1n) is 9.10. The molecule has 1 N–H and O–H groups in total. The summed E-state index contributed by atoms with van der Waals surface area (Å²) in [6.07, 6.45) is 10.8. The van der Waals surface area contributed by atoms with E-state index < -0.39 is 0 Å². The van der Waals surface area contributed by atoms with E-state index in [0.717, 1.165) is 18.3 Å². The van der Waals surface area contributed by atoms with Gasteiger partial charge in [-0.05, 0) is 72.5 Å². The molecule has 21 heavy (non-hydrogen) atoms. The molecule has 0 aliphatic heterocycles. The van der Waals surface area contributed by atoms with Crippen molar-refractivity contribution < 1.29 is 5.11 Å². The average Bonchev–Trinajstić information content (AvgIpc) is 2.88. The molecule has 0 aromatic carbocycles. The van der Waals surface area contributed by atoms with Gasteiger partial charge in [-0.25, -0.2) is 0 Å². The van der Waals surface area contributed by atoms with Crippen LogP contribution in [0.4, 0.5) is 0 Å². The Balaban J connectivity index is 2.10. The van der Waals surface area contributed by atoms with Gasteiger partial charge in [0.1, 0.15) is 0 Å². The normalized spacial score (nSPS) is 57.2. The van der Waals surface area contributed by atoms with Crippen LogP contribution in [0.25, 0.3) is 0 Å². The Labute approximate surface area is 131 Å². The molecule has 1 nitrogen and oxygen atoms in total. The number of rotatable bonds is 1. The van der Waals surface area contributed by atoms with Crippen molar-refractivity contribution in [3.8, 4) is 0 Å². The molecule has 0 spiro atoms. The van der Waals surface area contributed by atoms with E-state index in [0.29, 0.717) is 11.3 Å². The topological polar surface area (TPSA) is 20.2 Å². The smallest absolute Gasteiger partial charge is 0.0607 e. The van der Waals surface area contributed by atoms with Crippen molar-refractivity contribution in [2.45, 2.75) is 78.7 Å². The van der Waals surface area contributed by atoms with Crippen LogP contribution in [0.5, 0.6) is 0 Å². The first-order valence-corrected chi connectivity index (χ1v) is 9.10. The summed E-state index contributed by atoms with van der Waals surface area (Å²) in [4.78, 5) is 0. The lowest BCUT2D eigenvalue weighted by atomic mass is 9.44. The van der Waals surface area contributed by atoms with Crippen LogP contribution in [-0.4, -0.2) is 11.2 Å². The number of allylic oxidation sites excluding steroid dienone is 1. The van der Waals surface area contributed by atoms with Gasteiger partial charge in [0.2, 0.25) is 0 Å². The summed E-state index contributed by atoms with van der Waals surface area (Å²) in [5, 5.41) is 11.2. The van der Waals surface area contributed by atoms with E-state index in [1.54, 1.807) is 0 Å². The molecule has 7 atom stereocenters. The largest absolute Gasteiger partial charge is 0.393 e. The fourth-order valence-electron chi connectivity index (χ4n) is 6.68. The molecule has 3 saturated carbocycles. The predicted octanol–water partition coefficient (Wildman–Crippen LogP) is 5.19. The van der Waals surface area contributed by atoms with Gasteiger partial charge in [0.25, 0.3) is 0 Å². The SMILES string of the molecule is C=C[C@]1(C)C[C@@H](O)[C@]2(C)[C@H](C)CC[C@]3(CCC[C@H]32)[C@@H](C)C1. The Morgan fingerprint density at radius 2 is 1.76 bits per heavy atom. The lowest BCUT2D eigenvalue weighted by molar-refractivity contribution is -0.160. The van der Waals surface area contributed by atoms with E-state index in [9.17, 15) is 5.11 Å². The summed E-state index contributed by atoms with van der Waals surface area (Å²) in [5.41, 5.74) is 0.693. The summed E-state index contributed by atoms with van der Waals surface area (Å²) in [6.45, 7) is 13.7. The number of aliphatic hydroxyl groups is 1. The maximum atomic E-state index is 11.2. The van der Waals surface area contributed by atoms with Crippen molar-refractivity contribution in [1.29, 1.82) is 0 Å². The fourth-order valence-corrected chi connectivity index (χ4v) is 6.68. The minimum absolute atomic E-state index is 0.0950. The molecule has 1 heteroatoms. The average molecular weight is 290 g/mol. The van der Waals surface area contributed by atoms with Crippen molar-refractivity contribution in [3.05, 3.63) is 12.7 Å². The van der Waals surface area contributed by atoms with E-state index in [4.69, 9.17) is 0 Å². The first kappa shape index (κ1) is 15.6. The minimum atomic E-state index is -0.175. The molecular weight excluding hydrogens is 256 g/mol. The van der Waals surface area contributed by atoms with Gasteiger partial charge in [0.15, 0.2) is 0 Å². The second-order valence-electron chi connectivity index (χ2n) is 9.17. The van der Waals surface area contributed by atoms with Gasteiger partial charge in [-0.1, -0.05) is 40.2 Å². The van der Waals surface area contributed by atoms with E-state index in [1.165, 1.54) is 38.5 Å². The molecule has 0 aromatic rings. The molecule has 0 aromatic heterocycles. The number of aliphatic hydroxyl groups excluding tert-OH is 1. The third-order valence-electron chi connectivity index (χ3n) is 8.31. The van der Waals surface area contributed by atoms with E-state index in [2.05, 4.69) is 40.3 Å². The summed E-state index contributed by atoms with van der Waals surface area (Å²) in [5.74, 6) is 2.13. The lowest BCUT2D eigenvalue weighted by Crippen LogP contribution is -2.57. The summed E-state index contributed by atoms with van der Waals surface area (Å²) in [7, 11) is 0. The Kier molecular flexibility index (Phi) is 3.60. The highest BCUT2D eigenvalue weighted by Gasteiger charge is 2.62. The molecular formula is C20H34O. The summed E-state index contributed by atoms with van der Waals surface area (Å²) >= 11 is 0. The molecule has 0 unspecified atom stereocenters. The van der Waals surface area contributed by atoms with Crippen molar-refractivity contribution in [1.82, 2.24) is 0 Å². The first-order chi connectivity index (χ1) is 9.78. The van der Waals surface area contributed by atoms with Gasteiger partial charge in [0.05, 0.1) is 6.10 Å². The third-order valence-corrected chi connectivity index (χ3v) is 8.31. The lowest BCUT2D eigenvalue weighted by Gasteiger charge is -2.61. The Bertz CT molecular complexity index is 430. The second kappa shape index (κ2) is 4.85. The highest BCUT2D eigenvalue weighted by Crippen LogP contribution is 2.68. The van der Waals surface area contributed by atoms with Crippen LogP contribution in [0.1, 0.15) is 72.6 Å². The van der Waals surface area contributed by atoms with Crippen molar-refractivity contribution in [2.24, 2.45) is 34.0 Å². The van der Waals surface area contributed by atoms with E-state index >= 15 is 0 Å². The maximum Gasteiger partial charge on any atom is 0.0607 e. The molecule has 3 aliphatic rings. The van der Waals surface area contributed by atoms with Gasteiger partial charge < -0.3 is 5.11 Å². The van der Waals surface area contributed by atoms with Crippen LogP contribution in [0.2, 0.25) is 0 Å². The fraction of sp³-hybridized carbons (Fsp3) is 0.900. The number of hydrogen-bond donors (Lipinski definition) is 1. The molecule has 0 radical (unpaired) electrons. The van der Waals surface area contributed by atoms with Crippen molar-refractivity contribution in [2.75, 3.05) is 0 Å². The van der Waals surface area contributed by atoms with Crippen LogP contribution in [0.3, 0.4) is 0 Å². The zero-order valence-electron chi connectivity index (χ0n) is 14.5. The molecule has 0 saturated heterocycles. The van der Waals surface area contributed by atoms with Crippen molar-refractivity contribution in [3.63, 3.8) is 0 Å². The monoisotopic (exact) mass is 290 g/mol. The highest BCUT2D eigenvalue weighted by molar-refractivity contribution is 5.13. The molecule has 3 rings (SSSR count). The van der Waals surface area contributed by atoms with Crippen LogP contribution in [-0.2, 0) is 0 Å². The minimum Gasteiger partial charge on any atom is -0.393 e. The van der Waals surface area contributed by atoms with Gasteiger partial charge in [-0.3, -0.25) is 0 Å². The maximum absolute atomic E-state index is 11.2. The van der Waals surface area contributed by atoms with Crippen LogP contribution in [0.15, 0.2) is 12.7 Å². The van der Waals surface area contributed by atoms with E-state index in [1.807, 2.05) is 0 Å². The molecule has 0 heterocycles. The third kappa shape index (κ3) is 1.99. The quantitative estimate of drug-likeness (QED) is 0.659. The molecule has 3 aliphatic carbocycles. The van der Waals surface area contributed by atoms with Gasteiger partial charge in [-0.15, -0.1) is 6.58 Å². The highest BCUT2D eigenvalue weighted by atomic mass is 16.3. The number of hydrogen-bond acceptors (Lipinski definition) is 1. The zero-order chi connectivity index (χ0) is 15.5. The van der Waals surface area contributed by atoms with Gasteiger partial charge in [-0.2, -0.15) is 0 Å². The Hall–Kier alpha value is -0.300. The van der Waals surface area contributed by atoms with E-state index in [-0.39, 0.29) is 16.9 Å². The molecule has 0 amide bonds. The molecule has 3 fully saturated rings. The van der Waals surface area contributed by atoms with Crippen LogP contribution in [0, 0.1) is 34.0 Å². The zero-order valence-corrected chi connectivity index (χ0v) is 14.5.